The second kappa shape index (κ2) is 32.9. The number of halogens is 2. The first kappa shape index (κ1) is 73.3. The molecule has 0 aliphatic rings. The van der Waals surface area contributed by atoms with Crippen LogP contribution in [0.2, 0.25) is 10.0 Å². The molecule has 2 aromatic carbocycles. The quantitative estimate of drug-likeness (QED) is 0.0785. The van der Waals surface area contributed by atoms with Gasteiger partial charge in [0, 0.05) is 115 Å². The Morgan fingerprint density at radius 1 is 0.383 bits per heavy atom. The van der Waals surface area contributed by atoms with Crippen LogP contribution in [0.4, 0.5) is 23.8 Å². The molecule has 15 aromatic rings. The van der Waals surface area contributed by atoms with Crippen LogP contribution in [-0.4, -0.2) is 127 Å². The van der Waals surface area contributed by atoms with Crippen molar-refractivity contribution >= 4 is 92.9 Å². The molecular formula is C75H65Cl2N25O4S. The third-order valence-corrected chi connectivity index (χ3v) is 17.0. The summed E-state index contributed by atoms with van der Waals surface area (Å²) in [7, 11) is 7.26. The Morgan fingerprint density at radius 2 is 0.804 bits per heavy atom. The van der Waals surface area contributed by atoms with Crippen molar-refractivity contribution in [3.8, 4) is 68.5 Å². The normalized spacial score (nSPS) is 10.8. The number of nitrogens with one attached hydrogen (secondary N) is 4. The molecule has 0 atom stereocenters. The number of fused-ring (bicyclic) bond motifs is 1. The van der Waals surface area contributed by atoms with Crippen molar-refractivity contribution in [3.63, 3.8) is 0 Å². The van der Waals surface area contributed by atoms with Crippen LogP contribution in [-0.2, 0) is 28.2 Å². The van der Waals surface area contributed by atoms with Crippen molar-refractivity contribution in [2.45, 2.75) is 41.5 Å². The number of pyridine rings is 4. The molecule has 0 radical (unpaired) electrons. The van der Waals surface area contributed by atoms with E-state index < -0.39 is 0 Å². The van der Waals surface area contributed by atoms with Crippen molar-refractivity contribution in [3.05, 3.63) is 255 Å². The van der Waals surface area contributed by atoms with Gasteiger partial charge in [-0.1, -0.05) is 65.2 Å². The lowest BCUT2D eigenvalue weighted by atomic mass is 10.1. The lowest BCUT2D eigenvalue weighted by Crippen LogP contribution is -2.18. The molecule has 4 N–H and O–H groups in total. The predicted octanol–water partition coefficient (Wildman–Crippen LogP) is 13.2. The van der Waals surface area contributed by atoms with Crippen LogP contribution in [0.25, 0.3) is 79.4 Å². The van der Waals surface area contributed by atoms with E-state index in [9.17, 15) is 19.2 Å². The number of hydrogen-bond donors (Lipinski definition) is 4. The van der Waals surface area contributed by atoms with E-state index in [0.29, 0.717) is 102 Å². The zero-order chi connectivity index (χ0) is 75.4. The Bertz CT molecular complexity index is 5760. The minimum atomic E-state index is -0.355. The molecule has 13 heterocycles. The molecule has 0 saturated carbocycles. The standard InChI is InChI=1S/C21H16Cl2N6O.C20H18N6O.C19H17N7OS.C15H14N6O/c1-12-25-19(17-5-3-4-8-24-17)27-21(26-12)28-20(30)18-9-13(11-29(18)2)15-7-6-14(22)10-16(15)23;1-12-7-8-16-14(10-12)11-17(26(16)3)19(27)25-20-23-13(2)22-18(24-20)15-6-4-5-9-21-15;1-11-21-17(14-6-4-5-7-20-14)24-19(22-11)25-18(27)16-8-13(9-26(16)3)15-10-28-12(2)23-15;1-10-17-13(11-6-3-4-8-16-11)19-15(18-10)20-14(22)12-7-5-9-21(12)2/h3-11H,1-2H3,(H,25,26,27,28,30);4-11H,1-3H3,(H,22,23,24,25,27);4-10H,1-3H3,(H,21,22,24,25,27);3-9H,1-2H3,(H,17,18,19,20,22). The average molecular weight is 1480 g/mol. The number of anilines is 4. The lowest BCUT2D eigenvalue weighted by Gasteiger charge is -2.07. The monoisotopic (exact) mass is 1480 g/mol. The van der Waals surface area contributed by atoms with E-state index in [1.54, 1.807) is 158 Å². The van der Waals surface area contributed by atoms with Crippen molar-refractivity contribution in [1.82, 2.24) is 103 Å². The fourth-order valence-electron chi connectivity index (χ4n) is 10.7. The Kier molecular flexibility index (Phi) is 22.5. The van der Waals surface area contributed by atoms with Gasteiger partial charge in [0.2, 0.25) is 23.8 Å². The molecular weight excluding hydrogens is 1420 g/mol. The smallest absolute Gasteiger partial charge is 0.274 e. The number of rotatable bonds is 14. The van der Waals surface area contributed by atoms with Gasteiger partial charge >= 0.3 is 0 Å². The summed E-state index contributed by atoms with van der Waals surface area (Å²) in [5.41, 5.74) is 9.89. The minimum absolute atomic E-state index is 0.153. The van der Waals surface area contributed by atoms with Crippen molar-refractivity contribution in [2.75, 3.05) is 21.3 Å². The van der Waals surface area contributed by atoms with Crippen LogP contribution >= 0.6 is 34.5 Å². The summed E-state index contributed by atoms with van der Waals surface area (Å²) in [5.74, 6) is 3.18. The summed E-state index contributed by atoms with van der Waals surface area (Å²) in [6, 6.07) is 42.1. The first-order chi connectivity index (χ1) is 51.5. The van der Waals surface area contributed by atoms with E-state index in [1.165, 1.54) is 0 Å². The van der Waals surface area contributed by atoms with Crippen LogP contribution in [0.1, 0.15) is 75.8 Å². The third kappa shape index (κ3) is 18.3. The molecule has 32 heteroatoms. The molecule has 29 nitrogen and oxygen atoms in total. The van der Waals surface area contributed by atoms with Crippen LogP contribution in [0.3, 0.4) is 0 Å². The van der Waals surface area contributed by atoms with Gasteiger partial charge in [0.1, 0.15) is 68.8 Å². The molecule has 15 rings (SSSR count). The SMILES string of the molecule is Cc1ccc2c(c1)cc(C(=O)Nc1nc(C)nc(-c3ccccn3)n1)n2C.Cc1nc(NC(=O)c2cc(-c3ccc(Cl)cc3Cl)cn2C)nc(-c2ccccn2)n1.Cc1nc(NC(=O)c2cc(-c3csc(C)n3)cn2C)nc(-c2ccccn2)n1.Cc1nc(NC(=O)c2cccn2C)nc(-c2ccccn2)n1. The molecule has 0 aliphatic heterocycles. The Balaban J connectivity index is 0.000000134. The number of amides is 4. The van der Waals surface area contributed by atoms with E-state index >= 15 is 0 Å². The van der Waals surface area contributed by atoms with Gasteiger partial charge in [0.25, 0.3) is 23.6 Å². The molecule has 0 fully saturated rings. The zero-order valence-corrected chi connectivity index (χ0v) is 61.4. The van der Waals surface area contributed by atoms with Crippen LogP contribution in [0, 0.1) is 41.5 Å². The molecule has 0 spiro atoms. The Morgan fingerprint density at radius 3 is 1.20 bits per heavy atom. The van der Waals surface area contributed by atoms with E-state index in [4.69, 9.17) is 23.2 Å². The van der Waals surface area contributed by atoms with Gasteiger partial charge in [-0.05, 0) is 145 Å². The molecule has 0 bridgehead atoms. The fraction of sp³-hybridized carbons (Fsp3) is 0.133. The number of hydrogen-bond acceptors (Lipinski definition) is 22. The maximum absolute atomic E-state index is 12.9. The minimum Gasteiger partial charge on any atom is -0.347 e. The van der Waals surface area contributed by atoms with Crippen LogP contribution in [0.5, 0.6) is 0 Å². The molecule has 0 saturated heterocycles. The number of benzene rings is 2. The number of carbonyl (C=O) groups is 4. The second-order valence-corrected chi connectivity index (χ2v) is 25.7. The van der Waals surface area contributed by atoms with Crippen molar-refractivity contribution < 1.29 is 19.2 Å². The molecule has 0 aliphatic carbocycles. The number of thiazole rings is 1. The van der Waals surface area contributed by atoms with Gasteiger partial charge in [-0.25, -0.2) is 24.9 Å². The zero-order valence-electron chi connectivity index (χ0n) is 59.1. The molecule has 0 unspecified atom stereocenters. The van der Waals surface area contributed by atoms with E-state index in [0.717, 1.165) is 43.9 Å². The Labute approximate surface area is 625 Å². The average Bonchev–Trinajstić information content (AvgIpc) is 1.81. The van der Waals surface area contributed by atoms with Gasteiger partial charge in [-0.15, -0.1) is 11.3 Å². The third-order valence-electron chi connectivity index (χ3n) is 15.7. The highest BCUT2D eigenvalue weighted by atomic mass is 35.5. The maximum atomic E-state index is 12.9. The van der Waals surface area contributed by atoms with Crippen molar-refractivity contribution in [2.24, 2.45) is 28.2 Å². The number of nitrogens with zero attached hydrogens (tertiary/aromatic N) is 21. The lowest BCUT2D eigenvalue weighted by molar-refractivity contribution is 0.101. The fourth-order valence-corrected chi connectivity index (χ4v) is 11.9. The van der Waals surface area contributed by atoms with E-state index in [2.05, 4.69) is 112 Å². The van der Waals surface area contributed by atoms with Crippen molar-refractivity contribution in [1.29, 1.82) is 0 Å². The number of carbonyl (C=O) groups excluding carboxylic acids is 4. The van der Waals surface area contributed by atoms with Gasteiger partial charge < -0.3 is 18.3 Å². The summed E-state index contributed by atoms with van der Waals surface area (Å²) in [4.78, 5) is 123. The maximum Gasteiger partial charge on any atom is 0.274 e. The summed E-state index contributed by atoms with van der Waals surface area (Å²) < 4.78 is 7.05. The molecule has 534 valence electrons. The molecule has 13 aromatic heterocycles. The summed E-state index contributed by atoms with van der Waals surface area (Å²) >= 11 is 13.8. The second-order valence-electron chi connectivity index (χ2n) is 23.8. The van der Waals surface area contributed by atoms with Crippen LogP contribution in [0.15, 0.2) is 188 Å². The first-order valence-corrected chi connectivity index (χ1v) is 34.4. The first-order valence-electron chi connectivity index (χ1n) is 32.7. The topological polar surface area (TPSA) is 355 Å². The number of aryl methyl sites for hydroxylation is 10. The highest BCUT2D eigenvalue weighted by Gasteiger charge is 2.22. The highest BCUT2D eigenvalue weighted by molar-refractivity contribution is 7.09. The van der Waals surface area contributed by atoms with Gasteiger partial charge in [-0.2, -0.15) is 39.9 Å². The van der Waals surface area contributed by atoms with Gasteiger partial charge in [-0.3, -0.25) is 60.4 Å². The summed E-state index contributed by atoms with van der Waals surface area (Å²) in [5, 5.41) is 16.0. The summed E-state index contributed by atoms with van der Waals surface area (Å²) in [6.07, 6.45) is 12.1. The summed E-state index contributed by atoms with van der Waals surface area (Å²) in [6.45, 7) is 10.9. The van der Waals surface area contributed by atoms with Gasteiger partial charge in [0.15, 0.2) is 23.3 Å². The molecule has 4 amide bonds. The van der Waals surface area contributed by atoms with E-state index in [-0.39, 0.29) is 47.4 Å². The molecule has 107 heavy (non-hydrogen) atoms. The highest BCUT2D eigenvalue weighted by Crippen LogP contribution is 2.32. The van der Waals surface area contributed by atoms with Crippen LogP contribution < -0.4 is 21.3 Å². The number of aromatic nitrogens is 21. The largest absolute Gasteiger partial charge is 0.347 e. The van der Waals surface area contributed by atoms with E-state index in [1.807, 2.05) is 123 Å². The Hall–Kier alpha value is -13.5. The predicted molar refractivity (Wildman–Crippen MR) is 408 cm³/mol. The van der Waals surface area contributed by atoms with Gasteiger partial charge in [0.05, 0.1) is 10.7 Å².